The van der Waals surface area contributed by atoms with Gasteiger partial charge in [-0.1, -0.05) is 0 Å². The molecule has 0 aliphatic carbocycles. The van der Waals surface area contributed by atoms with Crippen molar-refractivity contribution in [3.63, 3.8) is 0 Å². The zero-order chi connectivity index (χ0) is 10.6. The summed E-state index contributed by atoms with van der Waals surface area (Å²) in [5, 5.41) is 18.0. The van der Waals surface area contributed by atoms with E-state index in [4.69, 9.17) is 9.84 Å². The van der Waals surface area contributed by atoms with Gasteiger partial charge in [-0.05, 0) is 13.3 Å². The Labute approximate surface area is 83.3 Å². The van der Waals surface area contributed by atoms with Gasteiger partial charge in [0.1, 0.15) is 6.61 Å². The first-order chi connectivity index (χ1) is 6.65. The predicted molar refractivity (Wildman–Crippen MR) is 49.7 cm³/mol. The molecule has 0 aromatic rings. The SMILES string of the molecule is CC(O)CC1COCCN1C(=O)CO. The molecule has 1 amide bonds. The van der Waals surface area contributed by atoms with Gasteiger partial charge in [-0.25, -0.2) is 0 Å². The molecule has 1 heterocycles. The lowest BCUT2D eigenvalue weighted by atomic mass is 10.1. The molecule has 82 valence electrons. The van der Waals surface area contributed by atoms with E-state index in [1.165, 1.54) is 0 Å². The Morgan fingerprint density at radius 2 is 2.43 bits per heavy atom. The minimum atomic E-state index is -0.476. The molecule has 0 bridgehead atoms. The van der Waals surface area contributed by atoms with Crippen LogP contribution in [0.3, 0.4) is 0 Å². The molecule has 1 aliphatic heterocycles. The number of carbonyl (C=O) groups is 1. The van der Waals surface area contributed by atoms with E-state index < -0.39 is 12.7 Å². The van der Waals surface area contributed by atoms with Crippen LogP contribution in [0.5, 0.6) is 0 Å². The summed E-state index contributed by atoms with van der Waals surface area (Å²) in [5.41, 5.74) is 0. The average Bonchev–Trinajstić information content (AvgIpc) is 2.16. The van der Waals surface area contributed by atoms with Crippen molar-refractivity contribution in [3.05, 3.63) is 0 Å². The molecule has 0 spiro atoms. The van der Waals surface area contributed by atoms with Gasteiger partial charge >= 0.3 is 0 Å². The van der Waals surface area contributed by atoms with E-state index in [0.29, 0.717) is 26.2 Å². The number of ether oxygens (including phenoxy) is 1. The van der Waals surface area contributed by atoms with Crippen LogP contribution in [0.2, 0.25) is 0 Å². The fourth-order valence-corrected chi connectivity index (χ4v) is 1.66. The van der Waals surface area contributed by atoms with Gasteiger partial charge in [0.05, 0.1) is 25.4 Å². The predicted octanol–water partition coefficient (Wildman–Crippen LogP) is -1.02. The van der Waals surface area contributed by atoms with Crippen LogP contribution in [0.4, 0.5) is 0 Å². The summed E-state index contributed by atoms with van der Waals surface area (Å²) < 4.78 is 5.22. The van der Waals surface area contributed by atoms with Crippen LogP contribution >= 0.6 is 0 Å². The van der Waals surface area contributed by atoms with Crippen molar-refractivity contribution in [1.82, 2.24) is 4.90 Å². The maximum atomic E-state index is 11.3. The van der Waals surface area contributed by atoms with E-state index in [1.54, 1.807) is 11.8 Å². The molecule has 2 atom stereocenters. The summed E-state index contributed by atoms with van der Waals surface area (Å²) in [6.07, 6.45) is 0.0295. The molecule has 2 N–H and O–H groups in total. The van der Waals surface area contributed by atoms with Crippen molar-refractivity contribution >= 4 is 5.91 Å². The molecule has 2 unspecified atom stereocenters. The van der Waals surface area contributed by atoms with Crippen molar-refractivity contribution in [2.24, 2.45) is 0 Å². The third-order valence-electron chi connectivity index (χ3n) is 2.30. The van der Waals surface area contributed by atoms with E-state index in [1.807, 2.05) is 0 Å². The van der Waals surface area contributed by atoms with Gasteiger partial charge in [0, 0.05) is 6.54 Å². The molecule has 0 aromatic heterocycles. The highest BCUT2D eigenvalue weighted by molar-refractivity contribution is 5.77. The number of nitrogens with zero attached hydrogens (tertiary/aromatic N) is 1. The second-order valence-electron chi connectivity index (χ2n) is 3.56. The summed E-state index contributed by atoms with van der Waals surface area (Å²) in [4.78, 5) is 12.9. The largest absolute Gasteiger partial charge is 0.393 e. The van der Waals surface area contributed by atoms with Crippen LogP contribution < -0.4 is 0 Å². The second-order valence-corrected chi connectivity index (χ2v) is 3.56. The summed E-state index contributed by atoms with van der Waals surface area (Å²) in [6, 6.07) is -0.108. The highest BCUT2D eigenvalue weighted by Crippen LogP contribution is 2.12. The van der Waals surface area contributed by atoms with Crippen molar-refractivity contribution in [3.8, 4) is 0 Å². The zero-order valence-corrected chi connectivity index (χ0v) is 8.35. The van der Waals surface area contributed by atoms with Crippen molar-refractivity contribution in [2.75, 3.05) is 26.4 Å². The first-order valence-corrected chi connectivity index (χ1v) is 4.81. The van der Waals surface area contributed by atoms with Crippen molar-refractivity contribution < 1.29 is 19.7 Å². The van der Waals surface area contributed by atoms with Gasteiger partial charge in [-0.3, -0.25) is 4.79 Å². The van der Waals surface area contributed by atoms with Gasteiger partial charge in [-0.2, -0.15) is 0 Å². The number of morpholine rings is 1. The number of hydrogen-bond donors (Lipinski definition) is 2. The fourth-order valence-electron chi connectivity index (χ4n) is 1.66. The van der Waals surface area contributed by atoms with E-state index in [2.05, 4.69) is 0 Å². The lowest BCUT2D eigenvalue weighted by molar-refractivity contribution is -0.143. The number of aliphatic hydroxyl groups is 2. The molecule has 14 heavy (non-hydrogen) atoms. The van der Waals surface area contributed by atoms with Crippen LogP contribution in [0, 0.1) is 0 Å². The monoisotopic (exact) mass is 203 g/mol. The standard InChI is InChI=1S/C9H17NO4/c1-7(12)4-8-6-14-3-2-10(8)9(13)5-11/h7-8,11-12H,2-6H2,1H3. The van der Waals surface area contributed by atoms with Crippen LogP contribution in [-0.4, -0.2) is 59.5 Å². The molecule has 1 saturated heterocycles. The maximum Gasteiger partial charge on any atom is 0.248 e. The third-order valence-corrected chi connectivity index (χ3v) is 2.30. The highest BCUT2D eigenvalue weighted by Gasteiger charge is 2.27. The molecular formula is C9H17NO4. The lowest BCUT2D eigenvalue weighted by Crippen LogP contribution is -2.50. The average molecular weight is 203 g/mol. The Morgan fingerprint density at radius 3 is 3.00 bits per heavy atom. The molecule has 1 rings (SSSR count). The Hall–Kier alpha value is -0.650. The summed E-state index contributed by atoms with van der Waals surface area (Å²) in [5.74, 6) is -0.293. The molecule has 0 aromatic carbocycles. The van der Waals surface area contributed by atoms with E-state index in [9.17, 15) is 9.90 Å². The van der Waals surface area contributed by atoms with E-state index in [-0.39, 0.29) is 11.9 Å². The molecule has 0 saturated carbocycles. The van der Waals surface area contributed by atoms with Gasteiger partial charge in [-0.15, -0.1) is 0 Å². The Morgan fingerprint density at radius 1 is 1.71 bits per heavy atom. The van der Waals surface area contributed by atoms with Gasteiger partial charge < -0.3 is 19.8 Å². The molecule has 5 nitrogen and oxygen atoms in total. The maximum absolute atomic E-state index is 11.3. The van der Waals surface area contributed by atoms with Gasteiger partial charge in [0.25, 0.3) is 0 Å². The Kier molecular flexibility index (Phi) is 4.31. The van der Waals surface area contributed by atoms with Crippen LogP contribution in [0.1, 0.15) is 13.3 Å². The quantitative estimate of drug-likeness (QED) is 0.616. The summed E-state index contributed by atoms with van der Waals surface area (Å²) in [7, 11) is 0. The minimum Gasteiger partial charge on any atom is -0.393 e. The summed E-state index contributed by atoms with van der Waals surface area (Å²) >= 11 is 0. The second kappa shape index (κ2) is 5.29. The van der Waals surface area contributed by atoms with Gasteiger partial charge in [0.15, 0.2) is 0 Å². The topological polar surface area (TPSA) is 70.0 Å². The van der Waals surface area contributed by atoms with Crippen LogP contribution in [0.25, 0.3) is 0 Å². The number of hydrogen-bond acceptors (Lipinski definition) is 4. The fraction of sp³-hybridized carbons (Fsp3) is 0.889. The Bertz CT molecular complexity index is 195. The van der Waals surface area contributed by atoms with E-state index in [0.717, 1.165) is 0 Å². The highest BCUT2D eigenvalue weighted by atomic mass is 16.5. The summed E-state index contributed by atoms with van der Waals surface area (Å²) in [6.45, 7) is 2.64. The van der Waals surface area contributed by atoms with Crippen molar-refractivity contribution in [1.29, 1.82) is 0 Å². The first kappa shape index (κ1) is 11.4. The third kappa shape index (κ3) is 2.94. The minimum absolute atomic E-state index is 0.108. The first-order valence-electron chi connectivity index (χ1n) is 4.81. The number of rotatable bonds is 3. The molecule has 0 radical (unpaired) electrons. The normalized spacial score (nSPS) is 24.8. The molecule has 1 fully saturated rings. The zero-order valence-electron chi connectivity index (χ0n) is 8.35. The Balaban J connectivity index is 2.54. The number of carbonyl (C=O) groups excluding carboxylic acids is 1. The van der Waals surface area contributed by atoms with E-state index >= 15 is 0 Å². The number of amides is 1. The molecule has 5 heteroatoms. The lowest BCUT2D eigenvalue weighted by Gasteiger charge is -2.35. The van der Waals surface area contributed by atoms with Crippen LogP contribution in [0.15, 0.2) is 0 Å². The molecule has 1 aliphatic rings. The van der Waals surface area contributed by atoms with Crippen molar-refractivity contribution in [2.45, 2.75) is 25.5 Å². The van der Waals surface area contributed by atoms with Crippen LogP contribution in [-0.2, 0) is 9.53 Å². The molecular weight excluding hydrogens is 186 g/mol. The number of aliphatic hydroxyl groups excluding tert-OH is 2. The smallest absolute Gasteiger partial charge is 0.248 e. The van der Waals surface area contributed by atoms with Gasteiger partial charge in [0.2, 0.25) is 5.91 Å².